The van der Waals surface area contributed by atoms with Crippen LogP contribution >= 0.6 is 11.3 Å². The van der Waals surface area contributed by atoms with Crippen molar-refractivity contribution in [1.82, 2.24) is 4.98 Å². The number of rotatable bonds is 6. The number of thiazole rings is 1. The third-order valence-corrected chi connectivity index (χ3v) is 3.44. The number of hydrogen-bond donors (Lipinski definition) is 1. The van der Waals surface area contributed by atoms with Gasteiger partial charge in [-0.3, -0.25) is 0 Å². The molecule has 0 aliphatic carbocycles. The molecule has 0 aliphatic rings. The topological polar surface area (TPSA) is 51.6 Å². The molecule has 96 valence electrons. The maximum absolute atomic E-state index is 8.93. The van der Waals surface area contributed by atoms with E-state index in [0.717, 1.165) is 27.8 Å². The molecule has 2 aromatic rings. The number of aromatic nitrogens is 1. The number of hydrogen-bond acceptors (Lipinski definition) is 5. The van der Waals surface area contributed by atoms with Crippen molar-refractivity contribution >= 4 is 11.3 Å². The van der Waals surface area contributed by atoms with E-state index in [1.807, 2.05) is 24.3 Å². The van der Waals surface area contributed by atoms with Crippen LogP contribution < -0.4 is 9.47 Å². The molecule has 0 aliphatic heterocycles. The maximum Gasteiger partial charge on any atom is 0.119 e. The summed E-state index contributed by atoms with van der Waals surface area (Å²) in [6, 6.07) is 7.48. The molecule has 0 spiro atoms. The fourth-order valence-electron chi connectivity index (χ4n) is 1.46. The Labute approximate surface area is 110 Å². The molecule has 0 atom stereocenters. The zero-order chi connectivity index (χ0) is 12.8. The highest BCUT2D eigenvalue weighted by molar-refractivity contribution is 7.11. The largest absolute Gasteiger partial charge is 0.497 e. The Balaban J connectivity index is 1.80. The van der Waals surface area contributed by atoms with Crippen molar-refractivity contribution in [3.05, 3.63) is 40.3 Å². The molecule has 0 radical (unpaired) electrons. The third-order valence-electron chi connectivity index (χ3n) is 2.40. The highest BCUT2D eigenvalue weighted by atomic mass is 32.1. The van der Waals surface area contributed by atoms with Crippen LogP contribution in [0.25, 0.3) is 0 Å². The van der Waals surface area contributed by atoms with Crippen LogP contribution in [0.2, 0.25) is 0 Å². The molecule has 1 N–H and O–H groups in total. The van der Waals surface area contributed by atoms with Gasteiger partial charge in [0.1, 0.15) is 11.5 Å². The molecule has 4 nitrogen and oxygen atoms in total. The van der Waals surface area contributed by atoms with Gasteiger partial charge >= 0.3 is 0 Å². The first-order chi connectivity index (χ1) is 8.81. The summed E-state index contributed by atoms with van der Waals surface area (Å²) in [6.07, 6.45) is 2.45. The molecule has 18 heavy (non-hydrogen) atoms. The Bertz CT molecular complexity index is 481. The van der Waals surface area contributed by atoms with Crippen LogP contribution in [-0.4, -0.2) is 23.8 Å². The first kappa shape index (κ1) is 12.9. The molecular formula is C13H15NO3S. The van der Waals surface area contributed by atoms with Gasteiger partial charge in [-0.15, -0.1) is 11.3 Å². The minimum absolute atomic E-state index is 0.0526. The second-order valence-corrected chi connectivity index (χ2v) is 4.85. The summed E-state index contributed by atoms with van der Waals surface area (Å²) in [5.41, 5.74) is 0. The summed E-state index contributed by atoms with van der Waals surface area (Å²) in [4.78, 5) is 5.09. The molecule has 1 aromatic carbocycles. The van der Waals surface area contributed by atoms with Crippen molar-refractivity contribution in [2.45, 2.75) is 13.0 Å². The Kier molecular flexibility index (Phi) is 4.55. The summed E-state index contributed by atoms with van der Waals surface area (Å²) >= 11 is 1.51. The smallest absolute Gasteiger partial charge is 0.119 e. The first-order valence-corrected chi connectivity index (χ1v) is 6.45. The van der Waals surface area contributed by atoms with Gasteiger partial charge in [0, 0.05) is 12.6 Å². The van der Waals surface area contributed by atoms with Crippen LogP contribution in [-0.2, 0) is 13.0 Å². The van der Waals surface area contributed by atoms with Crippen molar-refractivity contribution in [2.75, 3.05) is 13.7 Å². The number of benzene rings is 1. The van der Waals surface area contributed by atoms with Crippen LogP contribution in [0.1, 0.15) is 9.88 Å². The quantitative estimate of drug-likeness (QED) is 0.870. The number of ether oxygens (including phenoxy) is 2. The molecular weight excluding hydrogens is 250 g/mol. The van der Waals surface area contributed by atoms with E-state index in [0.29, 0.717) is 6.61 Å². The van der Waals surface area contributed by atoms with E-state index in [9.17, 15) is 0 Å². The molecule has 1 aromatic heterocycles. The van der Waals surface area contributed by atoms with Gasteiger partial charge in [0.05, 0.1) is 30.2 Å². The van der Waals surface area contributed by atoms with Crippen LogP contribution in [0.3, 0.4) is 0 Å². The Morgan fingerprint density at radius 3 is 2.56 bits per heavy atom. The van der Waals surface area contributed by atoms with Gasteiger partial charge in [0.15, 0.2) is 0 Å². The van der Waals surface area contributed by atoms with Gasteiger partial charge in [0.25, 0.3) is 0 Å². The summed E-state index contributed by atoms with van der Waals surface area (Å²) in [5, 5.41) is 9.91. The van der Waals surface area contributed by atoms with E-state index < -0.39 is 0 Å². The van der Waals surface area contributed by atoms with Crippen LogP contribution in [0.4, 0.5) is 0 Å². The summed E-state index contributed by atoms with van der Waals surface area (Å²) in [6.45, 7) is 0.627. The van der Waals surface area contributed by atoms with E-state index in [2.05, 4.69) is 4.98 Å². The molecule has 0 saturated heterocycles. The predicted octanol–water partition coefficient (Wildman–Crippen LogP) is 2.27. The van der Waals surface area contributed by atoms with Gasteiger partial charge in [-0.1, -0.05) is 0 Å². The zero-order valence-electron chi connectivity index (χ0n) is 10.1. The van der Waals surface area contributed by atoms with Crippen molar-refractivity contribution in [3.63, 3.8) is 0 Å². The fourth-order valence-corrected chi connectivity index (χ4v) is 2.23. The second-order valence-electron chi connectivity index (χ2n) is 3.65. The van der Waals surface area contributed by atoms with E-state index in [1.54, 1.807) is 13.3 Å². The normalized spacial score (nSPS) is 10.3. The Hall–Kier alpha value is -1.59. The first-order valence-electron chi connectivity index (χ1n) is 5.63. The third kappa shape index (κ3) is 3.45. The zero-order valence-corrected chi connectivity index (χ0v) is 10.9. The van der Waals surface area contributed by atoms with Crippen LogP contribution in [0.5, 0.6) is 11.5 Å². The van der Waals surface area contributed by atoms with Crippen LogP contribution in [0.15, 0.2) is 30.5 Å². The molecule has 1 heterocycles. The summed E-state index contributed by atoms with van der Waals surface area (Å²) in [5.74, 6) is 1.63. The van der Waals surface area contributed by atoms with Gasteiger partial charge in [-0.25, -0.2) is 4.98 Å². The van der Waals surface area contributed by atoms with Gasteiger partial charge in [0.2, 0.25) is 0 Å². The Morgan fingerprint density at radius 1 is 1.22 bits per heavy atom. The molecule has 0 unspecified atom stereocenters. The fraction of sp³-hybridized carbons (Fsp3) is 0.308. The standard InChI is InChI=1S/C13H15NO3S/c1-16-10-2-4-11(5-3-10)17-7-6-13-14-8-12(9-15)18-13/h2-5,8,15H,6-7,9H2,1H3. The van der Waals surface area contributed by atoms with Crippen LogP contribution in [0, 0.1) is 0 Å². The van der Waals surface area contributed by atoms with Gasteiger partial charge in [-0.05, 0) is 24.3 Å². The Morgan fingerprint density at radius 2 is 1.94 bits per heavy atom. The van der Waals surface area contributed by atoms with Crippen molar-refractivity contribution in [3.8, 4) is 11.5 Å². The van der Waals surface area contributed by atoms with E-state index in [-0.39, 0.29) is 6.61 Å². The number of methoxy groups -OCH3 is 1. The van der Waals surface area contributed by atoms with E-state index in [4.69, 9.17) is 14.6 Å². The SMILES string of the molecule is COc1ccc(OCCc2ncc(CO)s2)cc1. The lowest BCUT2D eigenvalue weighted by Gasteiger charge is -2.05. The molecule has 0 bridgehead atoms. The van der Waals surface area contributed by atoms with Crippen molar-refractivity contribution < 1.29 is 14.6 Å². The average Bonchev–Trinajstić information content (AvgIpc) is 2.87. The lowest BCUT2D eigenvalue weighted by atomic mass is 10.3. The van der Waals surface area contributed by atoms with E-state index >= 15 is 0 Å². The average molecular weight is 265 g/mol. The summed E-state index contributed by atoms with van der Waals surface area (Å²) < 4.78 is 10.7. The predicted molar refractivity (Wildman–Crippen MR) is 70.2 cm³/mol. The van der Waals surface area contributed by atoms with Crippen molar-refractivity contribution in [1.29, 1.82) is 0 Å². The molecule has 0 amide bonds. The second kappa shape index (κ2) is 6.37. The monoisotopic (exact) mass is 265 g/mol. The molecule has 0 saturated carbocycles. The van der Waals surface area contributed by atoms with E-state index in [1.165, 1.54) is 11.3 Å². The highest BCUT2D eigenvalue weighted by Gasteiger charge is 2.01. The maximum atomic E-state index is 8.93. The van der Waals surface area contributed by atoms with Gasteiger partial charge < -0.3 is 14.6 Å². The lowest BCUT2D eigenvalue weighted by molar-refractivity contribution is 0.285. The lowest BCUT2D eigenvalue weighted by Crippen LogP contribution is -2.00. The number of aliphatic hydroxyl groups is 1. The number of aliphatic hydroxyl groups excluding tert-OH is 1. The van der Waals surface area contributed by atoms with Gasteiger partial charge in [-0.2, -0.15) is 0 Å². The molecule has 0 fully saturated rings. The van der Waals surface area contributed by atoms with Crippen molar-refractivity contribution in [2.24, 2.45) is 0 Å². The number of nitrogens with zero attached hydrogens (tertiary/aromatic N) is 1. The highest BCUT2D eigenvalue weighted by Crippen LogP contribution is 2.18. The molecule has 5 heteroatoms. The minimum atomic E-state index is 0.0526. The minimum Gasteiger partial charge on any atom is -0.497 e. The molecule has 2 rings (SSSR count). The summed E-state index contributed by atoms with van der Waals surface area (Å²) in [7, 11) is 1.64.